The molecule has 0 amide bonds. The SMILES string of the molecule is O=C(O)CC1CN(CC(O)CC2CCCC2)C1. The monoisotopic (exact) mass is 241 g/mol. The zero-order chi connectivity index (χ0) is 12.3. The summed E-state index contributed by atoms with van der Waals surface area (Å²) in [5.74, 6) is 0.313. The van der Waals surface area contributed by atoms with E-state index in [-0.39, 0.29) is 12.5 Å². The summed E-state index contributed by atoms with van der Waals surface area (Å²) in [6, 6.07) is 0. The summed E-state index contributed by atoms with van der Waals surface area (Å²) in [6.45, 7) is 2.41. The quantitative estimate of drug-likeness (QED) is 0.736. The van der Waals surface area contributed by atoms with Gasteiger partial charge in [-0.2, -0.15) is 0 Å². The Morgan fingerprint density at radius 1 is 1.24 bits per heavy atom. The molecule has 2 rings (SSSR count). The lowest BCUT2D eigenvalue weighted by Crippen LogP contribution is -2.50. The highest BCUT2D eigenvalue weighted by Crippen LogP contribution is 2.29. The zero-order valence-corrected chi connectivity index (χ0v) is 10.3. The molecule has 0 radical (unpaired) electrons. The van der Waals surface area contributed by atoms with E-state index in [1.165, 1.54) is 25.7 Å². The van der Waals surface area contributed by atoms with Crippen LogP contribution in [0.2, 0.25) is 0 Å². The van der Waals surface area contributed by atoms with Gasteiger partial charge in [0, 0.05) is 19.6 Å². The van der Waals surface area contributed by atoms with Crippen LogP contribution in [0.15, 0.2) is 0 Å². The first-order valence-electron chi connectivity index (χ1n) is 6.75. The first-order chi connectivity index (χ1) is 8.13. The molecule has 0 aromatic rings. The average Bonchev–Trinajstić information content (AvgIpc) is 2.66. The second kappa shape index (κ2) is 5.83. The third-order valence-electron chi connectivity index (χ3n) is 4.05. The van der Waals surface area contributed by atoms with E-state index < -0.39 is 5.97 Å². The van der Waals surface area contributed by atoms with E-state index in [0.29, 0.717) is 5.92 Å². The highest BCUT2D eigenvalue weighted by atomic mass is 16.4. The Labute approximate surface area is 103 Å². The Morgan fingerprint density at radius 2 is 1.88 bits per heavy atom. The van der Waals surface area contributed by atoms with Crippen molar-refractivity contribution in [3.05, 3.63) is 0 Å². The first-order valence-corrected chi connectivity index (χ1v) is 6.75. The van der Waals surface area contributed by atoms with Crippen molar-refractivity contribution in [1.82, 2.24) is 4.90 Å². The average molecular weight is 241 g/mol. The predicted octanol–water partition coefficient (Wildman–Crippen LogP) is 1.33. The molecule has 0 aromatic heterocycles. The van der Waals surface area contributed by atoms with Gasteiger partial charge in [-0.1, -0.05) is 25.7 Å². The molecular weight excluding hydrogens is 218 g/mol. The Bertz CT molecular complexity index is 257. The number of hydrogen-bond acceptors (Lipinski definition) is 3. The summed E-state index contributed by atoms with van der Waals surface area (Å²) < 4.78 is 0. The first kappa shape index (κ1) is 12.8. The molecule has 1 heterocycles. The Hall–Kier alpha value is -0.610. The van der Waals surface area contributed by atoms with Gasteiger partial charge in [0.25, 0.3) is 0 Å². The highest BCUT2D eigenvalue weighted by Gasteiger charge is 2.30. The van der Waals surface area contributed by atoms with Crippen molar-refractivity contribution in [1.29, 1.82) is 0 Å². The maximum Gasteiger partial charge on any atom is 0.303 e. The number of carbonyl (C=O) groups is 1. The molecule has 1 aliphatic carbocycles. The van der Waals surface area contributed by atoms with Crippen molar-refractivity contribution in [2.75, 3.05) is 19.6 Å². The van der Waals surface area contributed by atoms with Gasteiger partial charge < -0.3 is 15.1 Å². The van der Waals surface area contributed by atoms with E-state index >= 15 is 0 Å². The van der Waals surface area contributed by atoms with Crippen LogP contribution in [0.3, 0.4) is 0 Å². The molecule has 4 nitrogen and oxygen atoms in total. The molecule has 0 bridgehead atoms. The van der Waals surface area contributed by atoms with E-state index in [2.05, 4.69) is 4.90 Å². The summed E-state index contributed by atoms with van der Waals surface area (Å²) in [5.41, 5.74) is 0. The van der Waals surface area contributed by atoms with Crippen LogP contribution >= 0.6 is 0 Å². The summed E-state index contributed by atoms with van der Waals surface area (Å²) in [6.07, 6.45) is 6.18. The summed E-state index contributed by atoms with van der Waals surface area (Å²) in [4.78, 5) is 12.7. The van der Waals surface area contributed by atoms with Crippen molar-refractivity contribution in [3.8, 4) is 0 Å². The number of likely N-dealkylation sites (tertiary alicyclic amines) is 1. The lowest BCUT2D eigenvalue weighted by molar-refractivity contribution is -0.139. The molecule has 1 saturated heterocycles. The number of rotatable bonds is 6. The van der Waals surface area contributed by atoms with Gasteiger partial charge in [0.2, 0.25) is 0 Å². The fraction of sp³-hybridized carbons (Fsp3) is 0.923. The van der Waals surface area contributed by atoms with E-state index in [4.69, 9.17) is 5.11 Å². The van der Waals surface area contributed by atoms with E-state index in [1.54, 1.807) is 0 Å². The third kappa shape index (κ3) is 3.96. The molecule has 17 heavy (non-hydrogen) atoms. The van der Waals surface area contributed by atoms with Crippen molar-refractivity contribution in [2.45, 2.75) is 44.6 Å². The summed E-state index contributed by atoms with van der Waals surface area (Å²) >= 11 is 0. The number of aliphatic hydroxyl groups excluding tert-OH is 1. The number of aliphatic carboxylic acids is 1. The second-order valence-electron chi connectivity index (χ2n) is 5.72. The lowest BCUT2D eigenvalue weighted by atomic mass is 9.94. The van der Waals surface area contributed by atoms with Crippen LogP contribution in [0, 0.1) is 11.8 Å². The standard InChI is InChI=1S/C13H23NO3/c15-12(5-10-3-1-2-4-10)9-14-7-11(8-14)6-13(16)17/h10-12,15H,1-9H2,(H,16,17). The maximum atomic E-state index is 10.5. The van der Waals surface area contributed by atoms with Crippen LogP contribution in [-0.2, 0) is 4.79 Å². The van der Waals surface area contributed by atoms with Crippen LogP contribution in [0.5, 0.6) is 0 Å². The Kier molecular flexibility index (Phi) is 4.40. The summed E-state index contributed by atoms with van der Waals surface area (Å²) in [7, 11) is 0. The zero-order valence-electron chi connectivity index (χ0n) is 10.3. The highest BCUT2D eigenvalue weighted by molar-refractivity contribution is 5.67. The molecule has 1 saturated carbocycles. The molecule has 0 aromatic carbocycles. The van der Waals surface area contributed by atoms with Gasteiger partial charge in [-0.15, -0.1) is 0 Å². The Balaban J connectivity index is 1.57. The van der Waals surface area contributed by atoms with Gasteiger partial charge in [0.05, 0.1) is 12.5 Å². The summed E-state index contributed by atoms with van der Waals surface area (Å²) in [5, 5.41) is 18.6. The van der Waals surface area contributed by atoms with Gasteiger partial charge in [0.1, 0.15) is 0 Å². The van der Waals surface area contributed by atoms with Crippen LogP contribution in [0.1, 0.15) is 38.5 Å². The van der Waals surface area contributed by atoms with Gasteiger partial charge >= 0.3 is 5.97 Å². The minimum Gasteiger partial charge on any atom is -0.481 e. The van der Waals surface area contributed by atoms with Crippen LogP contribution in [-0.4, -0.2) is 46.8 Å². The van der Waals surface area contributed by atoms with Gasteiger partial charge in [-0.25, -0.2) is 0 Å². The van der Waals surface area contributed by atoms with Crippen molar-refractivity contribution in [3.63, 3.8) is 0 Å². The van der Waals surface area contributed by atoms with Crippen LogP contribution < -0.4 is 0 Å². The largest absolute Gasteiger partial charge is 0.481 e. The molecular formula is C13H23NO3. The predicted molar refractivity (Wildman–Crippen MR) is 64.8 cm³/mol. The normalized spacial score (nSPS) is 24.8. The van der Waals surface area contributed by atoms with E-state index in [0.717, 1.165) is 32.0 Å². The number of hydrogen-bond donors (Lipinski definition) is 2. The fourth-order valence-corrected chi connectivity index (χ4v) is 3.21. The minimum atomic E-state index is -0.707. The van der Waals surface area contributed by atoms with Crippen LogP contribution in [0.25, 0.3) is 0 Å². The molecule has 2 aliphatic rings. The van der Waals surface area contributed by atoms with E-state index in [9.17, 15) is 9.90 Å². The fourth-order valence-electron chi connectivity index (χ4n) is 3.21. The number of carboxylic acid groups (broad SMARTS) is 1. The van der Waals surface area contributed by atoms with Crippen molar-refractivity contribution < 1.29 is 15.0 Å². The van der Waals surface area contributed by atoms with Gasteiger partial charge in [0.15, 0.2) is 0 Å². The lowest BCUT2D eigenvalue weighted by Gasteiger charge is -2.39. The molecule has 1 atom stereocenters. The number of carboxylic acids is 1. The molecule has 2 fully saturated rings. The van der Waals surface area contributed by atoms with Gasteiger partial charge in [-0.3, -0.25) is 4.79 Å². The number of aliphatic hydroxyl groups is 1. The van der Waals surface area contributed by atoms with Crippen molar-refractivity contribution in [2.24, 2.45) is 11.8 Å². The number of nitrogens with zero attached hydrogens (tertiary/aromatic N) is 1. The second-order valence-corrected chi connectivity index (χ2v) is 5.72. The third-order valence-corrected chi connectivity index (χ3v) is 4.05. The molecule has 98 valence electrons. The molecule has 1 aliphatic heterocycles. The molecule has 4 heteroatoms. The molecule has 2 N–H and O–H groups in total. The minimum absolute atomic E-state index is 0.219. The van der Waals surface area contributed by atoms with Crippen molar-refractivity contribution >= 4 is 5.97 Å². The topological polar surface area (TPSA) is 60.8 Å². The maximum absolute atomic E-state index is 10.5. The molecule has 1 unspecified atom stereocenters. The number of β-amino-alcohol motifs (C(OH)–C–C–N with tert-alkyl or cyclic N) is 1. The smallest absolute Gasteiger partial charge is 0.303 e. The van der Waals surface area contributed by atoms with Crippen LogP contribution in [0.4, 0.5) is 0 Å². The Morgan fingerprint density at radius 3 is 2.47 bits per heavy atom. The van der Waals surface area contributed by atoms with E-state index in [1.807, 2.05) is 0 Å². The molecule has 0 spiro atoms. The van der Waals surface area contributed by atoms with Gasteiger partial charge in [-0.05, 0) is 18.3 Å².